The van der Waals surface area contributed by atoms with Crippen molar-refractivity contribution in [2.45, 2.75) is 5.16 Å². The lowest BCUT2D eigenvalue weighted by Crippen LogP contribution is -1.94. The minimum absolute atomic E-state index is 0.421. The van der Waals surface area contributed by atoms with Crippen molar-refractivity contribution in [3.8, 4) is 17.3 Å². The van der Waals surface area contributed by atoms with Crippen molar-refractivity contribution in [1.82, 2.24) is 9.55 Å². The summed E-state index contributed by atoms with van der Waals surface area (Å²) in [6.07, 6.45) is 1.84. The molecule has 0 saturated carbocycles. The molecule has 0 aliphatic heterocycles. The van der Waals surface area contributed by atoms with Crippen LogP contribution in [0.1, 0.15) is 0 Å². The zero-order chi connectivity index (χ0) is 12.3. The van der Waals surface area contributed by atoms with Crippen LogP contribution in [0, 0.1) is 11.3 Å². The molecule has 0 atom stereocenters. The number of hydrogen-bond acceptors (Lipinski definition) is 3. The summed E-state index contributed by atoms with van der Waals surface area (Å²) in [4.78, 5) is 4.32. The molecule has 86 valence electrons. The van der Waals surface area contributed by atoms with Crippen molar-refractivity contribution in [3.05, 3.63) is 34.9 Å². The molecule has 1 heterocycles. The quantitative estimate of drug-likeness (QED) is 0.815. The monoisotopic (exact) mass is 307 g/mol. The summed E-state index contributed by atoms with van der Waals surface area (Å²) in [5.74, 6) is 0.421. The molecule has 0 spiro atoms. The summed E-state index contributed by atoms with van der Waals surface area (Å²) in [7, 11) is 1.96. The van der Waals surface area contributed by atoms with Gasteiger partial charge in [-0.2, -0.15) is 5.26 Å². The molecule has 0 aliphatic carbocycles. The van der Waals surface area contributed by atoms with Crippen LogP contribution in [0.3, 0.4) is 0 Å². The van der Waals surface area contributed by atoms with Crippen LogP contribution in [0.25, 0.3) is 11.3 Å². The number of nitrogens with zero attached hydrogens (tertiary/aromatic N) is 3. The number of benzene rings is 1. The van der Waals surface area contributed by atoms with E-state index in [2.05, 4.69) is 27.0 Å². The number of hydrogen-bond donors (Lipinski definition) is 0. The highest BCUT2D eigenvalue weighted by atomic mass is 79.9. The summed E-state index contributed by atoms with van der Waals surface area (Å²) < 4.78 is 3.06. The molecule has 2 aromatic rings. The lowest BCUT2D eigenvalue weighted by atomic mass is 10.2. The number of aromatic nitrogens is 2. The van der Waals surface area contributed by atoms with E-state index in [-0.39, 0.29) is 0 Å². The van der Waals surface area contributed by atoms with Gasteiger partial charge in [0.05, 0.1) is 23.7 Å². The SMILES string of the molecule is Cn1c(-c2ccc(Br)cc2)cnc1SCC#N. The van der Waals surface area contributed by atoms with E-state index in [1.807, 2.05) is 42.1 Å². The maximum absolute atomic E-state index is 8.56. The lowest BCUT2D eigenvalue weighted by Gasteiger charge is -2.04. The molecule has 1 aromatic heterocycles. The minimum atomic E-state index is 0.421. The largest absolute Gasteiger partial charge is 0.322 e. The van der Waals surface area contributed by atoms with E-state index >= 15 is 0 Å². The average molecular weight is 308 g/mol. The summed E-state index contributed by atoms with van der Waals surface area (Å²) in [6.45, 7) is 0. The maximum Gasteiger partial charge on any atom is 0.169 e. The first-order chi connectivity index (χ1) is 8.22. The predicted molar refractivity (Wildman–Crippen MR) is 72.7 cm³/mol. The van der Waals surface area contributed by atoms with Gasteiger partial charge in [-0.25, -0.2) is 4.98 Å². The number of thioether (sulfide) groups is 1. The minimum Gasteiger partial charge on any atom is -0.322 e. The van der Waals surface area contributed by atoms with Gasteiger partial charge in [-0.3, -0.25) is 0 Å². The lowest BCUT2D eigenvalue weighted by molar-refractivity contribution is 0.797. The zero-order valence-electron chi connectivity index (χ0n) is 9.22. The molecule has 0 aliphatic rings. The van der Waals surface area contributed by atoms with Gasteiger partial charge in [0.2, 0.25) is 0 Å². The van der Waals surface area contributed by atoms with E-state index in [1.54, 1.807) is 0 Å². The topological polar surface area (TPSA) is 41.6 Å². The highest BCUT2D eigenvalue weighted by Gasteiger charge is 2.08. The van der Waals surface area contributed by atoms with Crippen LogP contribution in [-0.2, 0) is 7.05 Å². The van der Waals surface area contributed by atoms with Crippen molar-refractivity contribution in [2.75, 3.05) is 5.75 Å². The highest BCUT2D eigenvalue weighted by molar-refractivity contribution is 9.10. The fraction of sp³-hybridized carbons (Fsp3) is 0.167. The van der Waals surface area contributed by atoms with E-state index in [9.17, 15) is 0 Å². The first-order valence-corrected chi connectivity index (χ1v) is 6.77. The number of rotatable bonds is 3. The molecule has 0 unspecified atom stereocenters. The highest BCUT2D eigenvalue weighted by Crippen LogP contribution is 2.25. The van der Waals surface area contributed by atoms with Gasteiger partial charge in [0.25, 0.3) is 0 Å². The molecule has 0 saturated heterocycles. The molecular formula is C12H10BrN3S. The Labute approximate surface area is 113 Å². The summed E-state index contributed by atoms with van der Waals surface area (Å²) in [5.41, 5.74) is 2.17. The summed E-state index contributed by atoms with van der Waals surface area (Å²) in [6, 6.07) is 10.2. The van der Waals surface area contributed by atoms with Crippen molar-refractivity contribution < 1.29 is 0 Å². The molecule has 0 fully saturated rings. The summed E-state index contributed by atoms with van der Waals surface area (Å²) in [5, 5.41) is 9.42. The second-order valence-electron chi connectivity index (χ2n) is 3.44. The standard InChI is InChI=1S/C12H10BrN3S/c1-16-11(8-15-12(16)17-7-6-14)9-2-4-10(13)5-3-9/h2-5,8H,7H2,1H3. The first kappa shape index (κ1) is 12.2. The van der Waals surface area contributed by atoms with Crippen molar-refractivity contribution in [3.63, 3.8) is 0 Å². The van der Waals surface area contributed by atoms with Gasteiger partial charge in [0.1, 0.15) is 0 Å². The third-order valence-electron chi connectivity index (χ3n) is 2.35. The maximum atomic E-state index is 8.56. The van der Waals surface area contributed by atoms with Gasteiger partial charge in [0.15, 0.2) is 5.16 Å². The van der Waals surface area contributed by atoms with E-state index in [4.69, 9.17) is 5.26 Å². The molecule has 17 heavy (non-hydrogen) atoms. The van der Waals surface area contributed by atoms with E-state index < -0.39 is 0 Å². The van der Waals surface area contributed by atoms with Crippen LogP contribution in [0.4, 0.5) is 0 Å². The normalized spacial score (nSPS) is 10.2. The second kappa shape index (κ2) is 5.39. The molecule has 2 rings (SSSR count). The van der Waals surface area contributed by atoms with Crippen LogP contribution in [0.15, 0.2) is 40.1 Å². The zero-order valence-corrected chi connectivity index (χ0v) is 11.6. The van der Waals surface area contributed by atoms with Crippen LogP contribution in [0.5, 0.6) is 0 Å². The Morgan fingerprint density at radius 1 is 1.41 bits per heavy atom. The number of imidazole rings is 1. The van der Waals surface area contributed by atoms with Gasteiger partial charge < -0.3 is 4.57 Å². The molecule has 0 bridgehead atoms. The van der Waals surface area contributed by atoms with Gasteiger partial charge in [-0.1, -0.05) is 39.8 Å². The number of halogens is 1. The second-order valence-corrected chi connectivity index (χ2v) is 5.30. The van der Waals surface area contributed by atoms with Gasteiger partial charge in [-0.05, 0) is 17.7 Å². The molecule has 0 N–H and O–H groups in total. The Kier molecular flexibility index (Phi) is 3.87. The third-order valence-corrected chi connectivity index (χ3v) is 3.79. The number of nitriles is 1. The molecule has 0 radical (unpaired) electrons. The van der Waals surface area contributed by atoms with Crippen molar-refractivity contribution in [1.29, 1.82) is 5.26 Å². The van der Waals surface area contributed by atoms with Gasteiger partial charge in [0, 0.05) is 11.5 Å². The molecule has 3 nitrogen and oxygen atoms in total. The average Bonchev–Trinajstić information content (AvgIpc) is 2.69. The Balaban J connectivity index is 2.31. The fourth-order valence-electron chi connectivity index (χ4n) is 1.51. The van der Waals surface area contributed by atoms with Crippen LogP contribution in [0.2, 0.25) is 0 Å². The van der Waals surface area contributed by atoms with E-state index in [0.717, 1.165) is 20.9 Å². The molecule has 0 amide bonds. The predicted octanol–water partition coefficient (Wildman–Crippen LogP) is 3.47. The van der Waals surface area contributed by atoms with Crippen molar-refractivity contribution >= 4 is 27.7 Å². The van der Waals surface area contributed by atoms with E-state index in [0.29, 0.717) is 5.75 Å². The van der Waals surface area contributed by atoms with Gasteiger partial charge >= 0.3 is 0 Å². The van der Waals surface area contributed by atoms with Crippen LogP contribution < -0.4 is 0 Å². The Morgan fingerprint density at radius 2 is 2.12 bits per heavy atom. The third kappa shape index (κ3) is 2.71. The molecule has 1 aromatic carbocycles. The Bertz CT molecular complexity index is 554. The van der Waals surface area contributed by atoms with Gasteiger partial charge in [-0.15, -0.1) is 0 Å². The Morgan fingerprint density at radius 3 is 2.76 bits per heavy atom. The smallest absolute Gasteiger partial charge is 0.169 e. The van der Waals surface area contributed by atoms with E-state index in [1.165, 1.54) is 11.8 Å². The van der Waals surface area contributed by atoms with Crippen LogP contribution >= 0.6 is 27.7 Å². The fourth-order valence-corrected chi connectivity index (χ4v) is 2.39. The molecule has 5 heteroatoms. The van der Waals surface area contributed by atoms with Crippen LogP contribution in [-0.4, -0.2) is 15.3 Å². The summed E-state index contributed by atoms with van der Waals surface area (Å²) >= 11 is 4.86. The Hall–Kier alpha value is -1.25. The van der Waals surface area contributed by atoms with Crippen molar-refractivity contribution in [2.24, 2.45) is 7.05 Å². The first-order valence-electron chi connectivity index (χ1n) is 5.00. The molecular weight excluding hydrogens is 298 g/mol.